The number of alkyl halides is 3. The number of nitrogens with zero attached hydrogens (tertiary/aromatic N) is 2. The van der Waals surface area contributed by atoms with E-state index in [2.05, 4.69) is 20.6 Å². The van der Waals surface area contributed by atoms with E-state index in [9.17, 15) is 13.2 Å². The molecule has 0 saturated carbocycles. The molecule has 0 aliphatic heterocycles. The molecule has 0 bridgehead atoms. The zero-order chi connectivity index (χ0) is 18.6. The Labute approximate surface area is 147 Å². The van der Waals surface area contributed by atoms with Gasteiger partial charge in [-0.05, 0) is 42.5 Å². The van der Waals surface area contributed by atoms with E-state index in [4.69, 9.17) is 4.74 Å². The second-order valence-corrected chi connectivity index (χ2v) is 5.31. The lowest BCUT2D eigenvalue weighted by atomic mass is 10.2. The van der Waals surface area contributed by atoms with Crippen LogP contribution in [0.4, 0.5) is 36.2 Å². The Balaban J connectivity index is 1.83. The summed E-state index contributed by atoms with van der Waals surface area (Å²) in [6.45, 7) is 0. The van der Waals surface area contributed by atoms with Gasteiger partial charge >= 0.3 is 6.18 Å². The molecular formula is C18H15F3N4O. The van der Waals surface area contributed by atoms with Crippen LogP contribution in [-0.2, 0) is 6.18 Å². The molecule has 26 heavy (non-hydrogen) atoms. The van der Waals surface area contributed by atoms with Gasteiger partial charge in [-0.3, -0.25) is 0 Å². The topological polar surface area (TPSA) is 59.1 Å². The highest BCUT2D eigenvalue weighted by Crippen LogP contribution is 2.32. The van der Waals surface area contributed by atoms with Crippen molar-refractivity contribution >= 4 is 23.0 Å². The minimum absolute atomic E-state index is 0.262. The zero-order valence-corrected chi connectivity index (χ0v) is 13.7. The fraction of sp³-hybridized carbons (Fsp3) is 0.111. The van der Waals surface area contributed by atoms with Crippen molar-refractivity contribution in [1.82, 2.24) is 9.97 Å². The van der Waals surface area contributed by atoms with Crippen molar-refractivity contribution in [2.45, 2.75) is 6.18 Å². The molecule has 1 aromatic heterocycles. The van der Waals surface area contributed by atoms with Crippen LogP contribution in [0.5, 0.6) is 5.75 Å². The van der Waals surface area contributed by atoms with Gasteiger partial charge in [0.2, 0.25) is 0 Å². The molecule has 0 unspecified atom stereocenters. The van der Waals surface area contributed by atoms with Crippen molar-refractivity contribution in [3.63, 3.8) is 0 Å². The van der Waals surface area contributed by atoms with Crippen molar-refractivity contribution in [3.8, 4) is 5.75 Å². The maximum absolute atomic E-state index is 12.9. The number of hydrogen-bond donors (Lipinski definition) is 2. The second kappa shape index (κ2) is 7.30. The molecule has 0 aliphatic carbocycles. The van der Waals surface area contributed by atoms with Crippen molar-refractivity contribution in [3.05, 3.63) is 66.5 Å². The number of ether oxygens (including phenoxy) is 1. The van der Waals surface area contributed by atoms with Gasteiger partial charge < -0.3 is 15.4 Å². The summed E-state index contributed by atoms with van der Waals surface area (Å²) in [4.78, 5) is 8.35. The lowest BCUT2D eigenvalue weighted by Crippen LogP contribution is -2.06. The van der Waals surface area contributed by atoms with E-state index in [1.807, 2.05) is 0 Å². The molecule has 0 spiro atoms. The molecule has 3 aromatic rings. The van der Waals surface area contributed by atoms with Crippen LogP contribution in [0.1, 0.15) is 5.56 Å². The van der Waals surface area contributed by atoms with Crippen LogP contribution in [0, 0.1) is 0 Å². The number of nitrogens with one attached hydrogen (secondary N) is 2. The van der Waals surface area contributed by atoms with Crippen LogP contribution in [-0.4, -0.2) is 17.1 Å². The van der Waals surface area contributed by atoms with E-state index in [0.717, 1.165) is 17.8 Å². The molecular weight excluding hydrogens is 345 g/mol. The summed E-state index contributed by atoms with van der Waals surface area (Å²) in [6, 6.07) is 12.0. The first-order valence-electron chi connectivity index (χ1n) is 7.62. The standard InChI is InChI=1S/C18H15F3N4O/c1-26-15-7-5-13(6-8-15)24-16-17(23-10-9-22-16)25-14-4-2-3-12(11-14)18(19,20)21/h2-11H,1H3,(H,22,24)(H,23,25). The average Bonchev–Trinajstić information content (AvgIpc) is 2.63. The smallest absolute Gasteiger partial charge is 0.416 e. The van der Waals surface area contributed by atoms with Gasteiger partial charge in [0.1, 0.15) is 5.75 Å². The van der Waals surface area contributed by atoms with Crippen molar-refractivity contribution in [2.24, 2.45) is 0 Å². The third-order valence-electron chi connectivity index (χ3n) is 3.50. The zero-order valence-electron chi connectivity index (χ0n) is 13.7. The van der Waals surface area contributed by atoms with Crippen molar-refractivity contribution in [2.75, 3.05) is 17.7 Å². The molecule has 0 radical (unpaired) electrons. The first-order chi connectivity index (χ1) is 12.5. The van der Waals surface area contributed by atoms with Crippen LogP contribution in [0.15, 0.2) is 60.9 Å². The third-order valence-corrected chi connectivity index (χ3v) is 3.50. The van der Waals surface area contributed by atoms with Crippen LogP contribution in [0.25, 0.3) is 0 Å². The second-order valence-electron chi connectivity index (χ2n) is 5.31. The normalized spacial score (nSPS) is 11.1. The molecule has 1 heterocycles. The number of anilines is 4. The Morgan fingerprint density at radius 2 is 1.46 bits per heavy atom. The molecule has 0 fully saturated rings. The summed E-state index contributed by atoms with van der Waals surface area (Å²) < 4.78 is 43.7. The van der Waals surface area contributed by atoms with Gasteiger partial charge in [-0.2, -0.15) is 13.2 Å². The molecule has 5 nitrogen and oxygen atoms in total. The van der Waals surface area contributed by atoms with Gasteiger partial charge in [0.25, 0.3) is 0 Å². The summed E-state index contributed by atoms with van der Waals surface area (Å²) in [6.07, 6.45) is -1.47. The summed E-state index contributed by atoms with van der Waals surface area (Å²) in [5.41, 5.74) is 0.257. The Kier molecular flexibility index (Phi) is 4.92. The molecule has 3 rings (SSSR count). The molecule has 134 valence electrons. The average molecular weight is 360 g/mol. The van der Waals surface area contributed by atoms with E-state index in [1.165, 1.54) is 24.5 Å². The lowest BCUT2D eigenvalue weighted by Gasteiger charge is -2.13. The summed E-state index contributed by atoms with van der Waals surface area (Å²) >= 11 is 0. The predicted molar refractivity (Wildman–Crippen MR) is 93.0 cm³/mol. The minimum Gasteiger partial charge on any atom is -0.497 e. The summed E-state index contributed by atoms with van der Waals surface area (Å²) in [7, 11) is 1.57. The van der Waals surface area contributed by atoms with E-state index in [0.29, 0.717) is 17.4 Å². The first kappa shape index (κ1) is 17.5. The van der Waals surface area contributed by atoms with Crippen LogP contribution in [0.2, 0.25) is 0 Å². The maximum Gasteiger partial charge on any atom is 0.416 e. The Bertz CT molecular complexity index is 882. The van der Waals surface area contributed by atoms with Gasteiger partial charge in [-0.25, -0.2) is 9.97 Å². The number of hydrogen-bond acceptors (Lipinski definition) is 5. The van der Waals surface area contributed by atoms with E-state index in [1.54, 1.807) is 31.4 Å². The SMILES string of the molecule is COc1ccc(Nc2nccnc2Nc2cccc(C(F)(F)F)c2)cc1. The third kappa shape index (κ3) is 4.21. The number of halogens is 3. The molecule has 0 atom stereocenters. The number of rotatable bonds is 5. The van der Waals surface area contributed by atoms with Gasteiger partial charge in [-0.1, -0.05) is 6.07 Å². The van der Waals surface area contributed by atoms with Crippen LogP contribution >= 0.6 is 0 Å². The minimum atomic E-state index is -4.41. The Hall–Kier alpha value is -3.29. The fourth-order valence-electron chi connectivity index (χ4n) is 2.24. The number of aromatic nitrogens is 2. The number of methoxy groups -OCH3 is 1. The molecule has 0 amide bonds. The van der Waals surface area contributed by atoms with Gasteiger partial charge in [-0.15, -0.1) is 0 Å². The Morgan fingerprint density at radius 1 is 0.846 bits per heavy atom. The lowest BCUT2D eigenvalue weighted by molar-refractivity contribution is -0.137. The molecule has 8 heteroatoms. The predicted octanol–water partition coefficient (Wildman–Crippen LogP) is 4.99. The van der Waals surface area contributed by atoms with E-state index < -0.39 is 11.7 Å². The first-order valence-corrected chi connectivity index (χ1v) is 7.62. The van der Waals surface area contributed by atoms with Gasteiger partial charge in [0.05, 0.1) is 12.7 Å². The largest absolute Gasteiger partial charge is 0.497 e. The molecule has 2 aromatic carbocycles. The summed E-state index contributed by atoms with van der Waals surface area (Å²) in [5.74, 6) is 1.40. The molecule has 2 N–H and O–H groups in total. The highest BCUT2D eigenvalue weighted by Gasteiger charge is 2.30. The maximum atomic E-state index is 12.9. The van der Waals surface area contributed by atoms with Crippen LogP contribution in [0.3, 0.4) is 0 Å². The number of benzene rings is 2. The molecule has 0 aliphatic rings. The van der Waals surface area contributed by atoms with Gasteiger partial charge in [0, 0.05) is 23.8 Å². The fourth-order valence-corrected chi connectivity index (χ4v) is 2.24. The van der Waals surface area contributed by atoms with Crippen LogP contribution < -0.4 is 15.4 Å². The van der Waals surface area contributed by atoms with Crippen molar-refractivity contribution < 1.29 is 17.9 Å². The Morgan fingerprint density at radius 3 is 2.04 bits per heavy atom. The van der Waals surface area contributed by atoms with Crippen molar-refractivity contribution in [1.29, 1.82) is 0 Å². The van der Waals surface area contributed by atoms with Gasteiger partial charge in [0.15, 0.2) is 11.6 Å². The highest BCUT2D eigenvalue weighted by molar-refractivity contribution is 5.72. The van der Waals surface area contributed by atoms with E-state index in [-0.39, 0.29) is 5.69 Å². The van der Waals surface area contributed by atoms with E-state index >= 15 is 0 Å². The highest BCUT2D eigenvalue weighted by atomic mass is 19.4. The molecule has 0 saturated heterocycles. The monoisotopic (exact) mass is 360 g/mol. The summed E-state index contributed by atoms with van der Waals surface area (Å²) in [5, 5.41) is 5.94. The quantitative estimate of drug-likeness (QED) is 0.671.